The molecule has 19 heavy (non-hydrogen) atoms. The lowest BCUT2D eigenvalue weighted by Crippen LogP contribution is -2.01. The fourth-order valence-electron chi connectivity index (χ4n) is 1.51. The Morgan fingerprint density at radius 2 is 2.16 bits per heavy atom. The van der Waals surface area contributed by atoms with E-state index >= 15 is 0 Å². The van der Waals surface area contributed by atoms with Crippen LogP contribution in [0.4, 0.5) is 5.82 Å². The van der Waals surface area contributed by atoms with Crippen molar-refractivity contribution in [1.82, 2.24) is 4.98 Å². The number of pyridine rings is 1. The molecular formula is C14H14BrClN2O. The van der Waals surface area contributed by atoms with Crippen molar-refractivity contribution in [1.29, 1.82) is 0 Å². The summed E-state index contributed by atoms with van der Waals surface area (Å²) in [6.07, 6.45) is 2.75. The number of rotatable bonds is 5. The molecule has 3 nitrogen and oxygen atoms in total. The van der Waals surface area contributed by atoms with Gasteiger partial charge in [-0.25, -0.2) is 4.98 Å². The van der Waals surface area contributed by atoms with Gasteiger partial charge in [0.2, 0.25) is 0 Å². The minimum atomic E-state index is 0.572. The van der Waals surface area contributed by atoms with E-state index in [1.165, 1.54) is 0 Å². The third-order valence-electron chi connectivity index (χ3n) is 2.41. The fourth-order valence-corrected chi connectivity index (χ4v) is 2.00. The second-order valence-electron chi connectivity index (χ2n) is 3.98. The van der Waals surface area contributed by atoms with Crippen molar-refractivity contribution in [2.75, 3.05) is 11.9 Å². The number of hydrogen-bond donors (Lipinski definition) is 1. The third-order valence-corrected chi connectivity index (χ3v) is 3.21. The molecular weight excluding hydrogens is 328 g/mol. The number of nitrogens with one attached hydrogen (secondary N) is 1. The lowest BCUT2D eigenvalue weighted by Gasteiger charge is -2.09. The molecule has 1 aromatic carbocycles. The molecule has 0 aliphatic heterocycles. The van der Waals surface area contributed by atoms with Crippen molar-refractivity contribution in [3.63, 3.8) is 0 Å². The molecule has 1 heterocycles. The molecule has 1 N–H and O–H groups in total. The summed E-state index contributed by atoms with van der Waals surface area (Å²) in [5, 5.41) is 3.79. The molecule has 0 saturated carbocycles. The van der Waals surface area contributed by atoms with Crippen LogP contribution in [0.25, 0.3) is 0 Å². The number of benzene rings is 1. The zero-order valence-corrected chi connectivity index (χ0v) is 12.8. The molecule has 0 unspecified atom stereocenters. The zero-order valence-electron chi connectivity index (χ0n) is 10.5. The Kier molecular flexibility index (Phi) is 5.05. The van der Waals surface area contributed by atoms with Crippen molar-refractivity contribution in [3.05, 3.63) is 46.0 Å². The summed E-state index contributed by atoms with van der Waals surface area (Å²) in [5.41, 5.74) is 0. The molecule has 5 heteroatoms. The minimum Gasteiger partial charge on any atom is -0.456 e. The van der Waals surface area contributed by atoms with Crippen molar-refractivity contribution >= 4 is 33.3 Å². The highest BCUT2D eigenvalue weighted by molar-refractivity contribution is 9.10. The SMILES string of the molecule is CCCNc1cc(Oc2cc(Br)ccc2Cl)ccn1. The van der Waals surface area contributed by atoms with Gasteiger partial charge in [0.05, 0.1) is 5.02 Å². The van der Waals surface area contributed by atoms with E-state index in [4.69, 9.17) is 16.3 Å². The standard InChI is InChI=1S/C14H14BrClN2O/c1-2-6-17-14-9-11(5-7-18-14)19-13-8-10(15)3-4-12(13)16/h3-5,7-9H,2,6H2,1H3,(H,17,18). The molecule has 0 aliphatic rings. The average Bonchev–Trinajstić information content (AvgIpc) is 2.41. The molecule has 0 radical (unpaired) electrons. The van der Waals surface area contributed by atoms with Gasteiger partial charge in [-0.3, -0.25) is 0 Å². The van der Waals surface area contributed by atoms with Gasteiger partial charge >= 0.3 is 0 Å². The predicted molar refractivity (Wildman–Crippen MR) is 82.2 cm³/mol. The van der Waals surface area contributed by atoms with Gasteiger partial charge in [0, 0.05) is 23.3 Å². The van der Waals surface area contributed by atoms with Crippen LogP contribution in [0, 0.1) is 0 Å². The van der Waals surface area contributed by atoms with Crippen molar-refractivity contribution < 1.29 is 4.74 Å². The van der Waals surface area contributed by atoms with Crippen LogP contribution in [0.15, 0.2) is 41.0 Å². The van der Waals surface area contributed by atoms with Crippen molar-refractivity contribution in [2.45, 2.75) is 13.3 Å². The van der Waals surface area contributed by atoms with Crippen LogP contribution in [0.1, 0.15) is 13.3 Å². The topological polar surface area (TPSA) is 34.1 Å². The molecule has 0 aliphatic carbocycles. The van der Waals surface area contributed by atoms with Crippen LogP contribution in [0.5, 0.6) is 11.5 Å². The summed E-state index contributed by atoms with van der Waals surface area (Å²) in [5.74, 6) is 2.11. The van der Waals surface area contributed by atoms with Crippen molar-refractivity contribution in [2.24, 2.45) is 0 Å². The zero-order chi connectivity index (χ0) is 13.7. The van der Waals surface area contributed by atoms with E-state index in [2.05, 4.69) is 33.2 Å². The van der Waals surface area contributed by atoms with Crippen LogP contribution in [-0.4, -0.2) is 11.5 Å². The quantitative estimate of drug-likeness (QED) is 0.820. The Labute approximate surface area is 126 Å². The highest BCUT2D eigenvalue weighted by Crippen LogP contribution is 2.32. The molecule has 0 bridgehead atoms. The third kappa shape index (κ3) is 4.11. The van der Waals surface area contributed by atoms with Gasteiger partial charge in [-0.2, -0.15) is 0 Å². The first-order valence-corrected chi connectivity index (χ1v) is 7.19. The van der Waals surface area contributed by atoms with Gasteiger partial charge < -0.3 is 10.1 Å². The first-order valence-electron chi connectivity index (χ1n) is 6.02. The highest BCUT2D eigenvalue weighted by Gasteiger charge is 2.05. The first-order chi connectivity index (χ1) is 9.19. The summed E-state index contributed by atoms with van der Waals surface area (Å²) in [7, 11) is 0. The number of aromatic nitrogens is 1. The summed E-state index contributed by atoms with van der Waals surface area (Å²) < 4.78 is 6.69. The number of hydrogen-bond acceptors (Lipinski definition) is 3. The Morgan fingerprint density at radius 1 is 1.32 bits per heavy atom. The molecule has 2 aromatic rings. The molecule has 0 amide bonds. The maximum absolute atomic E-state index is 6.09. The summed E-state index contributed by atoms with van der Waals surface area (Å²) in [6.45, 7) is 2.99. The Bertz CT molecular complexity index is 563. The second kappa shape index (κ2) is 6.78. The van der Waals surface area contributed by atoms with Gasteiger partial charge in [-0.1, -0.05) is 34.5 Å². The number of halogens is 2. The van der Waals surface area contributed by atoms with E-state index in [1.807, 2.05) is 18.2 Å². The number of anilines is 1. The predicted octanol–water partition coefficient (Wildman–Crippen LogP) is 5.11. The second-order valence-corrected chi connectivity index (χ2v) is 5.30. The van der Waals surface area contributed by atoms with E-state index in [0.717, 1.165) is 23.3 Å². The summed E-state index contributed by atoms with van der Waals surface area (Å²) in [6, 6.07) is 9.15. The Morgan fingerprint density at radius 3 is 2.95 bits per heavy atom. The molecule has 100 valence electrons. The van der Waals surface area contributed by atoms with Gasteiger partial charge in [0.25, 0.3) is 0 Å². The normalized spacial score (nSPS) is 10.3. The van der Waals surface area contributed by atoms with Crippen LogP contribution < -0.4 is 10.1 Å². The Hall–Kier alpha value is -1.26. The molecule has 2 rings (SSSR count). The Balaban J connectivity index is 2.16. The number of nitrogens with zero attached hydrogens (tertiary/aromatic N) is 1. The summed E-state index contributed by atoms with van der Waals surface area (Å²) in [4.78, 5) is 4.23. The number of ether oxygens (including phenoxy) is 1. The molecule has 0 spiro atoms. The van der Waals surface area contributed by atoms with Gasteiger partial charge in [0.1, 0.15) is 17.3 Å². The highest BCUT2D eigenvalue weighted by atomic mass is 79.9. The van der Waals surface area contributed by atoms with E-state index in [9.17, 15) is 0 Å². The van der Waals surface area contributed by atoms with E-state index in [-0.39, 0.29) is 0 Å². The first kappa shape index (κ1) is 14.2. The minimum absolute atomic E-state index is 0.572. The van der Waals surface area contributed by atoms with E-state index < -0.39 is 0 Å². The lowest BCUT2D eigenvalue weighted by atomic mass is 10.3. The molecule has 0 atom stereocenters. The van der Waals surface area contributed by atoms with E-state index in [1.54, 1.807) is 18.3 Å². The van der Waals surface area contributed by atoms with Crippen LogP contribution in [-0.2, 0) is 0 Å². The molecule has 0 fully saturated rings. The van der Waals surface area contributed by atoms with Gasteiger partial charge in [-0.05, 0) is 30.7 Å². The van der Waals surface area contributed by atoms with E-state index in [0.29, 0.717) is 16.5 Å². The van der Waals surface area contributed by atoms with Gasteiger partial charge in [0.15, 0.2) is 0 Å². The molecule has 1 aromatic heterocycles. The van der Waals surface area contributed by atoms with Crippen LogP contribution in [0.3, 0.4) is 0 Å². The molecule has 0 saturated heterocycles. The average molecular weight is 342 g/mol. The maximum Gasteiger partial charge on any atom is 0.147 e. The monoisotopic (exact) mass is 340 g/mol. The lowest BCUT2D eigenvalue weighted by molar-refractivity contribution is 0.482. The fraction of sp³-hybridized carbons (Fsp3) is 0.214. The van der Waals surface area contributed by atoms with Gasteiger partial charge in [-0.15, -0.1) is 0 Å². The maximum atomic E-state index is 6.09. The van der Waals surface area contributed by atoms with Crippen LogP contribution >= 0.6 is 27.5 Å². The smallest absolute Gasteiger partial charge is 0.147 e. The van der Waals surface area contributed by atoms with Crippen molar-refractivity contribution in [3.8, 4) is 11.5 Å². The van der Waals surface area contributed by atoms with Crippen LogP contribution in [0.2, 0.25) is 5.02 Å². The largest absolute Gasteiger partial charge is 0.456 e. The summed E-state index contributed by atoms with van der Waals surface area (Å²) >= 11 is 9.49.